The maximum Gasteiger partial charge on any atom is 0.293 e. The number of nitrogens with one attached hydrogen (secondary N) is 8. The molecule has 4 aromatic carbocycles. The number of fused-ring (bicyclic) bond motifs is 4. The average molecular weight is 1940 g/mol. The number of likely N-dealkylation sites (N-methyl/N-ethyl adjacent to an activating group) is 4. The summed E-state index contributed by atoms with van der Waals surface area (Å²) in [5.41, 5.74) is 4.98. The lowest BCUT2D eigenvalue weighted by Gasteiger charge is -2.27. The molecule has 0 spiro atoms. The van der Waals surface area contributed by atoms with E-state index >= 15 is 0 Å². The van der Waals surface area contributed by atoms with Gasteiger partial charge >= 0.3 is 0 Å². The minimum Gasteiger partial charge on any atom is -0.478 e. The summed E-state index contributed by atoms with van der Waals surface area (Å²) in [6.07, 6.45) is 22.3. The van der Waals surface area contributed by atoms with Crippen molar-refractivity contribution >= 4 is 183 Å². The Balaban J connectivity index is 0.000000145. The van der Waals surface area contributed by atoms with Gasteiger partial charge in [0.25, 0.3) is 45.9 Å². The lowest BCUT2D eigenvalue weighted by Crippen LogP contribution is -2.31. The number of ether oxygens (including phenoxy) is 5. The standard InChI is InChI=1S/C24H29ClN6O4.C24H27ClN6O3.C24H29ClN6O3.C23H27ClN6O3/c1-26-21(32)15-35-20-13-16-12-17(6-7-19(16)31(23(20)33)10-11-34-2)28-22-18(25)14-27-24(29-22)30-8-4-3-5-9-30;1-26-21(32)14-34-20-12-15-11-16(5-8-19(15)31(23(20)33)17-6-7-17)28-22-18(25)13-27-24(29-22)30-9-3-2-4-10-30;1-15(2)31-19-8-7-17(11-16(19)12-20(23(31)33)34-14-21(32)26-3)28-22-18(25)13-27-24(29-22)30-9-5-4-6-10-30;1-3-30-18-8-7-16(11-15(18)12-19(22(30)32)33-14-20(31)25-2)27-21-17(24)13-26-23(28-21)29-9-5-4-6-10-29/h6-7,12-14H,3-5,8-11,15H2,1-2H3,(H,26,32)(H,27,28,29);5,8,11-13,17H,2-4,6-7,9-10,14H2,1H3,(H,26,32)(H,27,28,29);7-8,11-13,15H,4-6,9-10,14H2,1-3H3,(H,26,32)(H,27,28,29);7-8,11-13H,3-6,9-10,14H2,1-2H3,(H,25,31)(H,26,27,28). The van der Waals surface area contributed by atoms with Gasteiger partial charge in [-0.3, -0.25) is 38.4 Å². The molecule has 5 fully saturated rings. The van der Waals surface area contributed by atoms with Crippen LogP contribution in [0, 0.1) is 0 Å². The summed E-state index contributed by atoms with van der Waals surface area (Å²) in [5.74, 6) is 3.95. The van der Waals surface area contributed by atoms with Crippen LogP contribution in [0.5, 0.6) is 23.0 Å². The fraction of sp³-hybridized carbons (Fsp3) is 0.411. The molecule has 718 valence electrons. The maximum absolute atomic E-state index is 13.0. The van der Waals surface area contributed by atoms with Gasteiger partial charge in [-0.05, 0) is 208 Å². The topological polar surface area (TPSA) is 415 Å². The van der Waals surface area contributed by atoms with Gasteiger partial charge < -0.3 is 104 Å². The third kappa shape index (κ3) is 24.8. The molecule has 1 saturated carbocycles. The Morgan fingerprint density at radius 1 is 0.382 bits per heavy atom. The van der Waals surface area contributed by atoms with Crippen LogP contribution in [0.2, 0.25) is 20.1 Å². The highest BCUT2D eigenvalue weighted by Crippen LogP contribution is 2.39. The van der Waals surface area contributed by atoms with Crippen molar-refractivity contribution in [2.75, 3.05) is 162 Å². The van der Waals surface area contributed by atoms with Gasteiger partial charge in [-0.1, -0.05) is 46.4 Å². The van der Waals surface area contributed by atoms with Crippen LogP contribution in [-0.4, -0.2) is 202 Å². The molecule has 136 heavy (non-hydrogen) atoms. The summed E-state index contributed by atoms with van der Waals surface area (Å²) >= 11 is 25.6. The van der Waals surface area contributed by atoms with Gasteiger partial charge in [-0.15, -0.1) is 0 Å². The molecular formula is C95H112Cl4N24O13. The summed E-state index contributed by atoms with van der Waals surface area (Å²) < 4.78 is 33.9. The molecule has 17 rings (SSSR count). The lowest BCUT2D eigenvalue weighted by molar-refractivity contribution is -0.123. The number of rotatable bonds is 30. The number of benzene rings is 4. The number of halogens is 4. The summed E-state index contributed by atoms with van der Waals surface area (Å²) in [7, 11) is 7.65. The Kier molecular flexibility index (Phi) is 33.9. The predicted octanol–water partition coefficient (Wildman–Crippen LogP) is 13.8. The van der Waals surface area contributed by atoms with Crippen LogP contribution in [-0.2, 0) is 37.0 Å². The first-order valence-corrected chi connectivity index (χ1v) is 47.2. The number of pyridine rings is 4. The zero-order valence-corrected chi connectivity index (χ0v) is 80.2. The first kappa shape index (κ1) is 98.6. The van der Waals surface area contributed by atoms with E-state index in [2.05, 4.69) is 102 Å². The first-order valence-electron chi connectivity index (χ1n) is 45.6. The fourth-order valence-electron chi connectivity index (χ4n) is 16.2. The summed E-state index contributed by atoms with van der Waals surface area (Å²) in [6, 6.07) is 29.3. The van der Waals surface area contributed by atoms with Crippen molar-refractivity contribution in [3.05, 3.63) is 183 Å². The third-order valence-electron chi connectivity index (χ3n) is 23.5. The van der Waals surface area contributed by atoms with Crippen LogP contribution in [0.4, 0.5) is 69.8 Å². The van der Waals surface area contributed by atoms with Crippen LogP contribution in [0.1, 0.15) is 123 Å². The Hall–Kier alpha value is -13.4. The number of hydrogen-bond donors (Lipinski definition) is 8. The second-order valence-electron chi connectivity index (χ2n) is 33.3. The molecular weight excluding hydrogens is 1830 g/mol. The number of carbonyl (C=O) groups is 4. The molecule has 12 heterocycles. The van der Waals surface area contributed by atoms with Crippen molar-refractivity contribution in [3.63, 3.8) is 0 Å². The summed E-state index contributed by atoms with van der Waals surface area (Å²) in [5, 5.41) is 27.9. The number of nitrogens with zero attached hydrogens (tertiary/aromatic N) is 16. The number of aromatic nitrogens is 12. The molecule has 0 unspecified atom stereocenters. The van der Waals surface area contributed by atoms with Gasteiger partial charge in [-0.25, -0.2) is 19.9 Å². The summed E-state index contributed by atoms with van der Waals surface area (Å²) in [4.78, 5) is 143. The quantitative estimate of drug-likeness (QED) is 0.0207. The van der Waals surface area contributed by atoms with Crippen molar-refractivity contribution in [1.29, 1.82) is 0 Å². The Morgan fingerprint density at radius 2 is 0.669 bits per heavy atom. The Bertz CT molecular complexity index is 6390. The van der Waals surface area contributed by atoms with E-state index in [0.717, 1.165) is 177 Å². The van der Waals surface area contributed by atoms with E-state index in [1.807, 2.05) is 93.6 Å². The molecule has 12 aromatic rings. The number of anilines is 12. The molecule has 8 aromatic heterocycles. The molecule has 37 nitrogen and oxygen atoms in total. The van der Waals surface area contributed by atoms with E-state index in [9.17, 15) is 38.4 Å². The minimum atomic E-state index is -0.329. The van der Waals surface area contributed by atoms with E-state index in [4.69, 9.17) is 70.1 Å². The SMILES string of the molecule is CCn1c(=O)c(OCC(=O)NC)cc2cc(Nc3nc(N4CCCCC4)ncc3Cl)ccc21.CNC(=O)COc1cc2cc(Nc3nc(N4CCCCC4)ncc3Cl)ccc2n(C(C)C)c1=O.CNC(=O)COc1cc2cc(Nc3nc(N4CCCCC4)ncc3Cl)ccc2n(C2CC2)c1=O.CNC(=O)COc1cc2cc(Nc3nc(N4CCCCC4)ncc3Cl)ccc2n(CCOC)c1=O. The van der Waals surface area contributed by atoms with Crippen molar-refractivity contribution in [2.45, 2.75) is 136 Å². The van der Waals surface area contributed by atoms with Gasteiger partial charge in [0.1, 0.15) is 20.1 Å². The van der Waals surface area contributed by atoms with Crippen molar-refractivity contribution in [3.8, 4) is 23.0 Å². The van der Waals surface area contributed by atoms with Crippen molar-refractivity contribution < 1.29 is 42.9 Å². The molecule has 8 N–H and O–H groups in total. The van der Waals surface area contributed by atoms with Gasteiger partial charge in [-0.2, -0.15) is 19.9 Å². The van der Waals surface area contributed by atoms with E-state index in [1.54, 1.807) is 74.4 Å². The number of piperidine rings is 4. The first-order chi connectivity index (χ1) is 65.9. The number of aryl methyl sites for hydroxylation is 1. The molecule has 0 atom stereocenters. The monoisotopic (exact) mass is 1940 g/mol. The number of carbonyl (C=O) groups excluding carboxylic acids is 4. The maximum atomic E-state index is 13.0. The van der Waals surface area contributed by atoms with Crippen LogP contribution >= 0.6 is 46.4 Å². The Morgan fingerprint density at radius 3 is 0.978 bits per heavy atom. The van der Waals surface area contributed by atoms with Crippen LogP contribution < -0.4 is 103 Å². The van der Waals surface area contributed by atoms with E-state index < -0.39 is 0 Å². The second-order valence-corrected chi connectivity index (χ2v) is 34.9. The molecule has 0 radical (unpaired) electrons. The second kappa shape index (κ2) is 46.7. The van der Waals surface area contributed by atoms with Gasteiger partial charge in [0.15, 0.2) is 72.7 Å². The Labute approximate surface area is 804 Å². The van der Waals surface area contributed by atoms with Crippen LogP contribution in [0.15, 0.2) is 141 Å². The highest BCUT2D eigenvalue weighted by atomic mass is 35.5. The fourth-order valence-corrected chi connectivity index (χ4v) is 16.7. The van der Waals surface area contributed by atoms with Crippen molar-refractivity contribution in [2.24, 2.45) is 0 Å². The summed E-state index contributed by atoms with van der Waals surface area (Å²) in [6.45, 7) is 13.4. The largest absolute Gasteiger partial charge is 0.478 e. The van der Waals surface area contributed by atoms with Crippen LogP contribution in [0.25, 0.3) is 43.6 Å². The van der Waals surface area contributed by atoms with Gasteiger partial charge in [0.05, 0.1) is 53.5 Å². The highest BCUT2D eigenvalue weighted by molar-refractivity contribution is 6.34. The van der Waals surface area contributed by atoms with Gasteiger partial charge in [0, 0.05) is 157 Å². The smallest absolute Gasteiger partial charge is 0.293 e. The average Bonchev–Trinajstić information content (AvgIpc) is 1.64. The minimum absolute atomic E-state index is 0.0850. The van der Waals surface area contributed by atoms with Crippen molar-refractivity contribution in [1.82, 2.24) is 79.4 Å². The highest BCUT2D eigenvalue weighted by Gasteiger charge is 2.30. The number of methoxy groups -OCH3 is 1. The van der Waals surface area contributed by atoms with E-state index in [1.165, 1.54) is 53.9 Å². The lowest BCUT2D eigenvalue weighted by atomic mass is 10.1. The number of hydrogen-bond acceptors (Lipinski definition) is 29. The molecule has 4 amide bonds. The third-order valence-corrected chi connectivity index (χ3v) is 24.6. The number of amides is 4. The molecule has 4 saturated heterocycles. The zero-order valence-electron chi connectivity index (χ0n) is 77.2. The zero-order chi connectivity index (χ0) is 96.1. The van der Waals surface area contributed by atoms with E-state index in [-0.39, 0.29) is 107 Å². The molecule has 1 aliphatic carbocycles. The predicted molar refractivity (Wildman–Crippen MR) is 533 cm³/mol. The van der Waals surface area contributed by atoms with E-state index in [0.29, 0.717) is 92.4 Å². The molecule has 5 aliphatic rings. The molecule has 41 heteroatoms. The van der Waals surface area contributed by atoms with Gasteiger partial charge in [0.2, 0.25) is 23.8 Å². The van der Waals surface area contributed by atoms with Crippen LogP contribution in [0.3, 0.4) is 0 Å². The molecule has 4 aliphatic heterocycles. The normalized spacial score (nSPS) is 14.3. The molecule has 0 bridgehead atoms.